The van der Waals surface area contributed by atoms with Gasteiger partial charge in [0.05, 0.1) is 5.71 Å². The molecule has 0 aliphatic carbocycles. The van der Waals surface area contributed by atoms with Crippen LogP contribution >= 0.6 is 0 Å². The first-order chi connectivity index (χ1) is 8.81. The zero-order chi connectivity index (χ0) is 12.8. The smallest absolute Gasteiger partial charge is 0.264 e. The SMILES string of the molecule is C=CCCNC(=O)C1CC(c2ccccc2)=NO1. The average molecular weight is 244 g/mol. The van der Waals surface area contributed by atoms with E-state index in [0.29, 0.717) is 13.0 Å². The molecule has 1 aliphatic heterocycles. The fourth-order valence-electron chi connectivity index (χ4n) is 1.73. The number of rotatable bonds is 5. The van der Waals surface area contributed by atoms with Crippen molar-refractivity contribution in [3.63, 3.8) is 0 Å². The lowest BCUT2D eigenvalue weighted by Gasteiger charge is -2.08. The van der Waals surface area contributed by atoms with Crippen molar-refractivity contribution in [1.82, 2.24) is 5.32 Å². The molecule has 1 heterocycles. The Bertz CT molecular complexity index is 454. The predicted molar refractivity (Wildman–Crippen MR) is 70.3 cm³/mol. The molecule has 94 valence electrons. The molecule has 4 nitrogen and oxygen atoms in total. The maximum absolute atomic E-state index is 11.8. The molecule has 1 aliphatic rings. The highest BCUT2D eigenvalue weighted by atomic mass is 16.6. The molecule has 0 spiro atoms. The highest BCUT2D eigenvalue weighted by molar-refractivity contribution is 6.04. The lowest BCUT2D eigenvalue weighted by molar-refractivity contribution is -0.131. The van der Waals surface area contributed by atoms with Crippen LogP contribution in [0.5, 0.6) is 0 Å². The average Bonchev–Trinajstić information content (AvgIpc) is 2.89. The van der Waals surface area contributed by atoms with Crippen molar-refractivity contribution in [1.29, 1.82) is 0 Å². The second kappa shape index (κ2) is 6.00. The van der Waals surface area contributed by atoms with Gasteiger partial charge in [0.2, 0.25) is 6.10 Å². The fourth-order valence-corrected chi connectivity index (χ4v) is 1.73. The third-order valence-corrected chi connectivity index (χ3v) is 2.72. The first kappa shape index (κ1) is 12.4. The lowest BCUT2D eigenvalue weighted by Crippen LogP contribution is -2.35. The number of amides is 1. The van der Waals surface area contributed by atoms with Crippen LogP contribution in [0.15, 0.2) is 48.1 Å². The van der Waals surface area contributed by atoms with Crippen molar-refractivity contribution >= 4 is 11.6 Å². The molecule has 1 aromatic carbocycles. The summed E-state index contributed by atoms with van der Waals surface area (Å²) in [7, 11) is 0. The van der Waals surface area contributed by atoms with E-state index in [1.54, 1.807) is 6.08 Å². The second-order valence-electron chi connectivity index (χ2n) is 4.07. The Labute approximate surface area is 106 Å². The summed E-state index contributed by atoms with van der Waals surface area (Å²) in [6.07, 6.45) is 2.53. The van der Waals surface area contributed by atoms with Crippen molar-refractivity contribution in [2.24, 2.45) is 5.16 Å². The first-order valence-electron chi connectivity index (χ1n) is 5.98. The topological polar surface area (TPSA) is 50.7 Å². The van der Waals surface area contributed by atoms with E-state index in [1.165, 1.54) is 0 Å². The summed E-state index contributed by atoms with van der Waals surface area (Å²) < 4.78 is 0. The Hall–Kier alpha value is -2.10. The number of oxime groups is 1. The number of carbonyl (C=O) groups excluding carboxylic acids is 1. The van der Waals surface area contributed by atoms with Crippen LogP contribution < -0.4 is 5.32 Å². The van der Waals surface area contributed by atoms with Crippen molar-refractivity contribution in [3.8, 4) is 0 Å². The second-order valence-corrected chi connectivity index (χ2v) is 4.07. The normalized spacial score (nSPS) is 17.8. The molecule has 18 heavy (non-hydrogen) atoms. The van der Waals surface area contributed by atoms with Crippen LogP contribution in [0.2, 0.25) is 0 Å². The largest absolute Gasteiger partial charge is 0.382 e. The standard InChI is InChI=1S/C14H16N2O2/c1-2-3-9-15-14(17)13-10-12(16-18-13)11-7-5-4-6-8-11/h2,4-8,13H,1,3,9-10H2,(H,15,17). The first-order valence-corrected chi connectivity index (χ1v) is 5.98. The quantitative estimate of drug-likeness (QED) is 0.635. The van der Waals surface area contributed by atoms with Crippen LogP contribution in [0.1, 0.15) is 18.4 Å². The fraction of sp³-hybridized carbons (Fsp3) is 0.286. The van der Waals surface area contributed by atoms with Crippen LogP contribution in [0.25, 0.3) is 0 Å². The monoisotopic (exact) mass is 244 g/mol. The van der Waals surface area contributed by atoms with Gasteiger partial charge >= 0.3 is 0 Å². The maximum Gasteiger partial charge on any atom is 0.264 e. The summed E-state index contributed by atoms with van der Waals surface area (Å²) in [5.74, 6) is -0.119. The molecule has 0 saturated carbocycles. The minimum Gasteiger partial charge on any atom is -0.382 e. The van der Waals surface area contributed by atoms with Crippen molar-refractivity contribution in [2.75, 3.05) is 6.54 Å². The van der Waals surface area contributed by atoms with Gasteiger partial charge in [-0.15, -0.1) is 6.58 Å². The molecule has 1 unspecified atom stereocenters. The molecule has 0 fully saturated rings. The molecule has 0 radical (unpaired) electrons. The van der Waals surface area contributed by atoms with Gasteiger partial charge in [-0.25, -0.2) is 0 Å². The number of nitrogens with zero attached hydrogens (tertiary/aromatic N) is 1. The van der Waals surface area contributed by atoms with Crippen molar-refractivity contribution in [3.05, 3.63) is 48.6 Å². The van der Waals surface area contributed by atoms with E-state index in [0.717, 1.165) is 17.7 Å². The third kappa shape index (κ3) is 2.97. The minimum absolute atomic E-state index is 0.119. The number of benzene rings is 1. The minimum atomic E-state index is -0.509. The van der Waals surface area contributed by atoms with E-state index in [-0.39, 0.29) is 5.91 Å². The van der Waals surface area contributed by atoms with Gasteiger partial charge in [-0.2, -0.15) is 0 Å². The zero-order valence-corrected chi connectivity index (χ0v) is 10.1. The molecule has 2 rings (SSSR count). The van der Waals surface area contributed by atoms with E-state index in [2.05, 4.69) is 17.1 Å². The molecule has 1 atom stereocenters. The van der Waals surface area contributed by atoms with Crippen LogP contribution in [-0.4, -0.2) is 24.3 Å². The Kier molecular flexibility index (Phi) is 4.12. The third-order valence-electron chi connectivity index (χ3n) is 2.72. The summed E-state index contributed by atoms with van der Waals surface area (Å²) >= 11 is 0. The molecule has 1 N–H and O–H groups in total. The van der Waals surface area contributed by atoms with Gasteiger partial charge in [0.1, 0.15) is 0 Å². The molecular formula is C14H16N2O2. The summed E-state index contributed by atoms with van der Waals surface area (Å²) in [5, 5.41) is 6.76. The van der Waals surface area contributed by atoms with E-state index in [9.17, 15) is 4.79 Å². The number of hydrogen-bond donors (Lipinski definition) is 1. The number of carbonyl (C=O) groups is 1. The van der Waals surface area contributed by atoms with Gasteiger partial charge in [-0.05, 0) is 12.0 Å². The van der Waals surface area contributed by atoms with Gasteiger partial charge < -0.3 is 10.2 Å². The molecule has 0 bridgehead atoms. The van der Waals surface area contributed by atoms with Crippen LogP contribution in [0, 0.1) is 0 Å². The molecule has 4 heteroatoms. The van der Waals surface area contributed by atoms with E-state index in [1.807, 2.05) is 30.3 Å². The van der Waals surface area contributed by atoms with Gasteiger partial charge in [-0.3, -0.25) is 4.79 Å². The molecule has 0 saturated heterocycles. The van der Waals surface area contributed by atoms with Crippen molar-refractivity contribution < 1.29 is 9.63 Å². The van der Waals surface area contributed by atoms with Gasteiger partial charge in [0.15, 0.2) is 0 Å². The summed E-state index contributed by atoms with van der Waals surface area (Å²) in [6, 6.07) is 9.74. The predicted octanol–water partition coefficient (Wildman–Crippen LogP) is 1.87. The summed E-state index contributed by atoms with van der Waals surface area (Å²) in [5.41, 5.74) is 1.82. The Morgan fingerprint density at radius 1 is 1.50 bits per heavy atom. The molecule has 0 aromatic heterocycles. The van der Waals surface area contributed by atoms with Crippen LogP contribution in [0.4, 0.5) is 0 Å². The summed E-state index contributed by atoms with van der Waals surface area (Å²) in [4.78, 5) is 16.9. The lowest BCUT2D eigenvalue weighted by atomic mass is 10.0. The Balaban J connectivity index is 1.87. The molecular weight excluding hydrogens is 228 g/mol. The number of nitrogens with one attached hydrogen (secondary N) is 1. The Morgan fingerprint density at radius 3 is 3.00 bits per heavy atom. The van der Waals surface area contributed by atoms with Crippen molar-refractivity contribution in [2.45, 2.75) is 18.9 Å². The van der Waals surface area contributed by atoms with Gasteiger partial charge in [0, 0.05) is 13.0 Å². The maximum atomic E-state index is 11.8. The molecule has 1 amide bonds. The number of hydrogen-bond acceptors (Lipinski definition) is 3. The summed E-state index contributed by atoms with van der Waals surface area (Å²) in [6.45, 7) is 4.19. The van der Waals surface area contributed by atoms with Crippen LogP contribution in [-0.2, 0) is 9.63 Å². The van der Waals surface area contributed by atoms with E-state index in [4.69, 9.17) is 4.84 Å². The highest BCUT2D eigenvalue weighted by Gasteiger charge is 2.28. The highest BCUT2D eigenvalue weighted by Crippen LogP contribution is 2.16. The van der Waals surface area contributed by atoms with E-state index >= 15 is 0 Å². The van der Waals surface area contributed by atoms with E-state index < -0.39 is 6.10 Å². The zero-order valence-electron chi connectivity index (χ0n) is 10.1. The molecule has 1 aromatic rings. The van der Waals surface area contributed by atoms with Gasteiger partial charge in [-0.1, -0.05) is 41.6 Å². The van der Waals surface area contributed by atoms with Crippen LogP contribution in [0.3, 0.4) is 0 Å². The Morgan fingerprint density at radius 2 is 2.28 bits per heavy atom. The van der Waals surface area contributed by atoms with Gasteiger partial charge in [0.25, 0.3) is 5.91 Å².